The van der Waals surface area contributed by atoms with Crippen LogP contribution >= 0.6 is 0 Å². The first kappa shape index (κ1) is 13.5. The van der Waals surface area contributed by atoms with E-state index in [2.05, 4.69) is 5.10 Å². The molecule has 18 heavy (non-hydrogen) atoms. The summed E-state index contributed by atoms with van der Waals surface area (Å²) in [6.45, 7) is 2.18. The average Bonchev–Trinajstić information content (AvgIpc) is 3.07. The van der Waals surface area contributed by atoms with Gasteiger partial charge in [-0.15, -0.1) is 0 Å². The van der Waals surface area contributed by atoms with E-state index in [1.54, 1.807) is 7.05 Å². The van der Waals surface area contributed by atoms with E-state index in [1.165, 1.54) is 21.4 Å². The van der Waals surface area contributed by atoms with E-state index < -0.39 is 10.0 Å². The maximum atomic E-state index is 12.3. The Morgan fingerprint density at radius 2 is 2.28 bits per heavy atom. The predicted molar refractivity (Wildman–Crippen MR) is 66.4 cm³/mol. The lowest BCUT2D eigenvalue weighted by molar-refractivity contribution is 0.269. The molecule has 1 aliphatic rings. The highest BCUT2D eigenvalue weighted by Gasteiger charge is 2.36. The van der Waals surface area contributed by atoms with Crippen molar-refractivity contribution in [1.82, 2.24) is 14.1 Å². The summed E-state index contributed by atoms with van der Waals surface area (Å²) >= 11 is 0. The standard InChI is InChI=1S/C11H19N3O3S/c1-9(10-3-4-10)13(2)18(16,17)11-7-12-14(8-11)5-6-15/h7-10,15H,3-6H2,1-2H3. The van der Waals surface area contributed by atoms with Gasteiger partial charge in [0.2, 0.25) is 10.0 Å². The van der Waals surface area contributed by atoms with Crippen molar-refractivity contribution in [3.8, 4) is 0 Å². The molecule has 1 aromatic heterocycles. The topological polar surface area (TPSA) is 75.4 Å². The van der Waals surface area contributed by atoms with Crippen molar-refractivity contribution < 1.29 is 13.5 Å². The Morgan fingerprint density at radius 1 is 1.61 bits per heavy atom. The second kappa shape index (κ2) is 4.99. The van der Waals surface area contributed by atoms with Crippen LogP contribution in [0.4, 0.5) is 0 Å². The quantitative estimate of drug-likeness (QED) is 0.808. The predicted octanol–water partition coefficient (Wildman–Crippen LogP) is 0.294. The number of hydrogen-bond acceptors (Lipinski definition) is 4. The minimum absolute atomic E-state index is 0.0243. The van der Waals surface area contributed by atoms with E-state index in [9.17, 15) is 8.42 Å². The van der Waals surface area contributed by atoms with Crippen molar-refractivity contribution in [2.45, 2.75) is 37.2 Å². The SMILES string of the molecule is CC(C1CC1)N(C)S(=O)(=O)c1cnn(CCO)c1. The first-order valence-corrected chi connectivity index (χ1v) is 7.52. The number of aliphatic hydroxyl groups excluding tert-OH is 1. The van der Waals surface area contributed by atoms with Crippen LogP contribution in [0.3, 0.4) is 0 Å². The average molecular weight is 273 g/mol. The summed E-state index contributed by atoms with van der Waals surface area (Å²) in [5.74, 6) is 0.484. The van der Waals surface area contributed by atoms with Gasteiger partial charge in [0.15, 0.2) is 0 Å². The summed E-state index contributed by atoms with van der Waals surface area (Å²) in [7, 11) is -1.86. The lowest BCUT2D eigenvalue weighted by Crippen LogP contribution is -2.36. The molecule has 1 aromatic rings. The summed E-state index contributed by atoms with van der Waals surface area (Å²) in [4.78, 5) is 0.186. The number of rotatable bonds is 6. The largest absolute Gasteiger partial charge is 0.394 e. The molecule has 0 amide bonds. The molecular formula is C11H19N3O3S. The molecule has 2 rings (SSSR count). The van der Waals surface area contributed by atoms with Gasteiger partial charge in [0.05, 0.1) is 19.3 Å². The minimum atomic E-state index is -3.47. The zero-order valence-electron chi connectivity index (χ0n) is 10.7. The highest BCUT2D eigenvalue weighted by molar-refractivity contribution is 7.89. The maximum Gasteiger partial charge on any atom is 0.246 e. The van der Waals surface area contributed by atoms with Crippen LogP contribution in [0.15, 0.2) is 17.3 Å². The van der Waals surface area contributed by atoms with Gasteiger partial charge in [0.1, 0.15) is 4.90 Å². The molecule has 1 fully saturated rings. The highest BCUT2D eigenvalue weighted by atomic mass is 32.2. The Labute approximate surface area is 107 Å². The molecule has 7 heteroatoms. The molecule has 1 heterocycles. The van der Waals surface area contributed by atoms with Crippen molar-refractivity contribution in [3.05, 3.63) is 12.4 Å². The second-order valence-electron chi connectivity index (χ2n) is 4.76. The van der Waals surface area contributed by atoms with Gasteiger partial charge in [-0.1, -0.05) is 0 Å². The van der Waals surface area contributed by atoms with Crippen LogP contribution in [0.2, 0.25) is 0 Å². The fourth-order valence-electron chi connectivity index (χ4n) is 1.96. The zero-order chi connectivity index (χ0) is 13.3. The van der Waals surface area contributed by atoms with Gasteiger partial charge < -0.3 is 5.11 Å². The van der Waals surface area contributed by atoms with Gasteiger partial charge in [-0.25, -0.2) is 8.42 Å². The summed E-state index contributed by atoms with van der Waals surface area (Å²) in [5.41, 5.74) is 0. The molecule has 1 atom stereocenters. The molecule has 1 N–H and O–H groups in total. The van der Waals surface area contributed by atoms with Crippen LogP contribution < -0.4 is 0 Å². The van der Waals surface area contributed by atoms with Crippen molar-refractivity contribution in [1.29, 1.82) is 0 Å². The maximum absolute atomic E-state index is 12.3. The molecule has 0 spiro atoms. The Kier molecular flexibility index (Phi) is 3.74. The van der Waals surface area contributed by atoms with Gasteiger partial charge in [0, 0.05) is 19.3 Å². The third kappa shape index (κ3) is 2.57. The molecule has 102 valence electrons. The van der Waals surface area contributed by atoms with Crippen LogP contribution in [0.25, 0.3) is 0 Å². The summed E-state index contributed by atoms with van der Waals surface area (Å²) in [6, 6.07) is 0.0243. The Balaban J connectivity index is 2.17. The smallest absolute Gasteiger partial charge is 0.246 e. The zero-order valence-corrected chi connectivity index (χ0v) is 11.5. The summed E-state index contributed by atoms with van der Waals surface area (Å²) in [6.07, 6.45) is 5.00. The van der Waals surface area contributed by atoms with E-state index >= 15 is 0 Å². The highest BCUT2D eigenvalue weighted by Crippen LogP contribution is 2.36. The molecule has 0 aromatic carbocycles. The summed E-state index contributed by atoms with van der Waals surface area (Å²) < 4.78 is 27.5. The number of sulfonamides is 1. The molecule has 1 aliphatic carbocycles. The van der Waals surface area contributed by atoms with Gasteiger partial charge in [-0.05, 0) is 25.7 Å². The van der Waals surface area contributed by atoms with E-state index in [0.29, 0.717) is 12.5 Å². The lowest BCUT2D eigenvalue weighted by Gasteiger charge is -2.23. The van der Waals surface area contributed by atoms with E-state index in [4.69, 9.17) is 5.11 Å². The number of aliphatic hydroxyl groups is 1. The third-order valence-corrected chi connectivity index (χ3v) is 5.39. The molecule has 0 radical (unpaired) electrons. The molecule has 1 unspecified atom stereocenters. The number of nitrogens with zero attached hydrogens (tertiary/aromatic N) is 3. The van der Waals surface area contributed by atoms with Crippen molar-refractivity contribution in [2.24, 2.45) is 5.92 Å². The lowest BCUT2D eigenvalue weighted by atomic mass is 10.2. The van der Waals surface area contributed by atoms with Crippen LogP contribution in [0, 0.1) is 5.92 Å². The van der Waals surface area contributed by atoms with Gasteiger partial charge in [-0.2, -0.15) is 9.40 Å². The molecule has 1 saturated carbocycles. The third-order valence-electron chi connectivity index (χ3n) is 3.49. The molecular weight excluding hydrogens is 254 g/mol. The number of hydrogen-bond donors (Lipinski definition) is 1. The monoisotopic (exact) mass is 273 g/mol. The van der Waals surface area contributed by atoms with Crippen molar-refractivity contribution >= 4 is 10.0 Å². The second-order valence-corrected chi connectivity index (χ2v) is 6.76. The first-order chi connectivity index (χ1) is 8.46. The minimum Gasteiger partial charge on any atom is -0.394 e. The molecule has 0 aliphatic heterocycles. The van der Waals surface area contributed by atoms with Crippen LogP contribution in [-0.2, 0) is 16.6 Å². The Hall–Kier alpha value is -0.920. The van der Waals surface area contributed by atoms with Crippen molar-refractivity contribution in [3.63, 3.8) is 0 Å². The van der Waals surface area contributed by atoms with Crippen molar-refractivity contribution in [2.75, 3.05) is 13.7 Å². The Morgan fingerprint density at radius 3 is 2.83 bits per heavy atom. The summed E-state index contributed by atoms with van der Waals surface area (Å²) in [5, 5.41) is 12.7. The number of aromatic nitrogens is 2. The molecule has 0 saturated heterocycles. The normalized spacial score (nSPS) is 18.2. The van der Waals surface area contributed by atoms with Gasteiger partial charge in [0.25, 0.3) is 0 Å². The van der Waals surface area contributed by atoms with Crippen LogP contribution in [0.1, 0.15) is 19.8 Å². The fraction of sp³-hybridized carbons (Fsp3) is 0.727. The van der Waals surface area contributed by atoms with E-state index in [0.717, 1.165) is 12.8 Å². The molecule has 6 nitrogen and oxygen atoms in total. The molecule has 0 bridgehead atoms. The van der Waals surface area contributed by atoms with Crippen LogP contribution in [0.5, 0.6) is 0 Å². The Bertz CT molecular complexity index is 507. The fourth-order valence-corrected chi connectivity index (χ4v) is 3.34. The van der Waals surface area contributed by atoms with Gasteiger partial charge in [-0.3, -0.25) is 4.68 Å². The van der Waals surface area contributed by atoms with E-state index in [-0.39, 0.29) is 17.5 Å². The first-order valence-electron chi connectivity index (χ1n) is 6.08. The van der Waals surface area contributed by atoms with Crippen LogP contribution in [-0.4, -0.2) is 47.3 Å². The van der Waals surface area contributed by atoms with Gasteiger partial charge >= 0.3 is 0 Å². The van der Waals surface area contributed by atoms with E-state index in [1.807, 2.05) is 6.92 Å².